The standard InChI is InChI=1S/C29H23F2N/c1-2-3-4-24-13-16-27(32-20-24)15-12-22-7-5-21(6-8-22)9-10-23-11-14-25-18-28(30)29(31)19-26(25)17-23/h2,5-8,11,13-14,16-20H,1,3-4,12,15H2. The van der Waals surface area contributed by atoms with E-state index in [-0.39, 0.29) is 0 Å². The predicted molar refractivity (Wildman–Crippen MR) is 126 cm³/mol. The first-order valence-electron chi connectivity index (χ1n) is 10.7. The highest BCUT2D eigenvalue weighted by Gasteiger charge is 2.04. The number of halogens is 2. The van der Waals surface area contributed by atoms with Crippen LogP contribution < -0.4 is 0 Å². The van der Waals surface area contributed by atoms with E-state index in [1.165, 1.54) is 23.3 Å². The van der Waals surface area contributed by atoms with E-state index in [0.717, 1.165) is 42.5 Å². The van der Waals surface area contributed by atoms with Crippen molar-refractivity contribution in [2.24, 2.45) is 0 Å². The highest BCUT2D eigenvalue weighted by molar-refractivity contribution is 5.84. The van der Waals surface area contributed by atoms with Crippen molar-refractivity contribution >= 4 is 10.8 Å². The molecule has 0 unspecified atom stereocenters. The molecule has 1 heterocycles. The van der Waals surface area contributed by atoms with E-state index >= 15 is 0 Å². The number of allylic oxidation sites excluding steroid dienone is 1. The maximum Gasteiger partial charge on any atom is 0.159 e. The lowest BCUT2D eigenvalue weighted by atomic mass is 10.0. The van der Waals surface area contributed by atoms with Crippen LogP contribution in [0.25, 0.3) is 10.8 Å². The van der Waals surface area contributed by atoms with E-state index < -0.39 is 11.6 Å². The fraction of sp³-hybridized carbons (Fsp3) is 0.138. The minimum atomic E-state index is -0.850. The Hall–Kier alpha value is -3.77. The predicted octanol–water partition coefficient (Wildman–Crippen LogP) is 6.82. The summed E-state index contributed by atoms with van der Waals surface area (Å²) < 4.78 is 26.8. The molecule has 1 nitrogen and oxygen atoms in total. The Morgan fingerprint density at radius 3 is 2.12 bits per heavy atom. The number of hydrogen-bond donors (Lipinski definition) is 0. The number of benzene rings is 3. The van der Waals surface area contributed by atoms with Gasteiger partial charge >= 0.3 is 0 Å². The minimum absolute atomic E-state index is 0.633. The first kappa shape index (κ1) is 21.5. The molecule has 0 N–H and O–H groups in total. The topological polar surface area (TPSA) is 12.9 Å². The summed E-state index contributed by atoms with van der Waals surface area (Å²) in [6.07, 6.45) is 7.63. The Kier molecular flexibility index (Phi) is 6.72. The second kappa shape index (κ2) is 10.0. The first-order chi connectivity index (χ1) is 15.6. The lowest BCUT2D eigenvalue weighted by Gasteiger charge is -2.04. The molecule has 0 fully saturated rings. The van der Waals surface area contributed by atoms with Crippen molar-refractivity contribution in [1.29, 1.82) is 0 Å². The van der Waals surface area contributed by atoms with Crippen LogP contribution in [0.2, 0.25) is 0 Å². The summed E-state index contributed by atoms with van der Waals surface area (Å²) >= 11 is 0. The van der Waals surface area contributed by atoms with Crippen LogP contribution in [-0.4, -0.2) is 4.98 Å². The number of hydrogen-bond acceptors (Lipinski definition) is 1. The summed E-state index contributed by atoms with van der Waals surface area (Å²) in [5.74, 6) is 4.55. The SMILES string of the molecule is C=CCCc1ccc(CCc2ccc(C#Cc3ccc4cc(F)c(F)cc4c3)cc2)nc1. The fourth-order valence-corrected chi connectivity index (χ4v) is 3.51. The Morgan fingerprint density at radius 2 is 1.41 bits per heavy atom. The van der Waals surface area contributed by atoms with Crippen molar-refractivity contribution in [1.82, 2.24) is 4.98 Å². The zero-order valence-corrected chi connectivity index (χ0v) is 17.7. The Morgan fingerprint density at radius 1 is 0.719 bits per heavy atom. The van der Waals surface area contributed by atoms with Gasteiger partial charge in [0.15, 0.2) is 11.6 Å². The molecule has 158 valence electrons. The number of rotatable bonds is 6. The van der Waals surface area contributed by atoms with Crippen LogP contribution in [0.5, 0.6) is 0 Å². The molecule has 0 atom stereocenters. The molecular formula is C29H23F2N. The largest absolute Gasteiger partial charge is 0.261 e. The summed E-state index contributed by atoms with van der Waals surface area (Å²) in [7, 11) is 0. The molecule has 0 aliphatic carbocycles. The van der Waals surface area contributed by atoms with Crippen molar-refractivity contribution in [3.8, 4) is 11.8 Å². The molecule has 0 aliphatic rings. The molecule has 32 heavy (non-hydrogen) atoms. The molecule has 0 radical (unpaired) electrons. The van der Waals surface area contributed by atoms with Gasteiger partial charge in [-0.25, -0.2) is 8.78 Å². The molecule has 4 rings (SSSR count). The van der Waals surface area contributed by atoms with Gasteiger partial charge in [-0.1, -0.05) is 42.2 Å². The molecule has 4 aromatic rings. The molecule has 3 heteroatoms. The zero-order valence-electron chi connectivity index (χ0n) is 17.7. The number of nitrogens with zero attached hydrogens (tertiary/aromatic N) is 1. The lowest BCUT2D eigenvalue weighted by Crippen LogP contribution is -1.96. The molecule has 0 spiro atoms. The van der Waals surface area contributed by atoms with Crippen molar-refractivity contribution in [2.75, 3.05) is 0 Å². The second-order valence-electron chi connectivity index (χ2n) is 7.76. The summed E-state index contributed by atoms with van der Waals surface area (Å²) in [6.45, 7) is 3.75. The molecule has 0 aliphatic heterocycles. The fourth-order valence-electron chi connectivity index (χ4n) is 3.51. The van der Waals surface area contributed by atoms with Crippen molar-refractivity contribution in [3.05, 3.63) is 125 Å². The molecule has 0 saturated carbocycles. The molecular weight excluding hydrogens is 400 g/mol. The maximum absolute atomic E-state index is 13.5. The Bertz CT molecular complexity index is 1290. The van der Waals surface area contributed by atoms with Gasteiger partial charge in [0.2, 0.25) is 0 Å². The van der Waals surface area contributed by atoms with Crippen LogP contribution in [0.1, 0.15) is 34.4 Å². The van der Waals surface area contributed by atoms with Crippen molar-refractivity contribution in [2.45, 2.75) is 25.7 Å². The van der Waals surface area contributed by atoms with Gasteiger partial charge in [0.25, 0.3) is 0 Å². The van der Waals surface area contributed by atoms with E-state index in [2.05, 4.69) is 47.7 Å². The number of aryl methyl sites for hydroxylation is 3. The quantitative estimate of drug-likeness (QED) is 0.245. The van der Waals surface area contributed by atoms with Gasteiger partial charge in [0, 0.05) is 23.0 Å². The smallest absolute Gasteiger partial charge is 0.159 e. The first-order valence-corrected chi connectivity index (χ1v) is 10.7. The number of pyridine rings is 1. The van der Waals surface area contributed by atoms with Crippen LogP contribution in [0.3, 0.4) is 0 Å². The van der Waals surface area contributed by atoms with Crippen LogP contribution in [0.4, 0.5) is 8.78 Å². The number of aromatic nitrogens is 1. The van der Waals surface area contributed by atoms with Crippen LogP contribution >= 0.6 is 0 Å². The van der Waals surface area contributed by atoms with Gasteiger partial charge < -0.3 is 0 Å². The van der Waals surface area contributed by atoms with Gasteiger partial charge in [-0.3, -0.25) is 4.98 Å². The van der Waals surface area contributed by atoms with E-state index in [4.69, 9.17) is 0 Å². The van der Waals surface area contributed by atoms with Gasteiger partial charge in [0.1, 0.15) is 0 Å². The summed E-state index contributed by atoms with van der Waals surface area (Å²) in [5.41, 5.74) is 5.22. The highest BCUT2D eigenvalue weighted by Crippen LogP contribution is 2.20. The Labute approximate surface area is 187 Å². The highest BCUT2D eigenvalue weighted by atomic mass is 19.2. The third-order valence-corrected chi connectivity index (χ3v) is 5.38. The monoisotopic (exact) mass is 423 g/mol. The summed E-state index contributed by atoms with van der Waals surface area (Å²) in [4.78, 5) is 4.56. The van der Waals surface area contributed by atoms with Gasteiger partial charge in [-0.05, 0) is 90.0 Å². The van der Waals surface area contributed by atoms with Crippen LogP contribution in [0.15, 0.2) is 85.6 Å². The third-order valence-electron chi connectivity index (χ3n) is 5.38. The molecule has 0 saturated heterocycles. The van der Waals surface area contributed by atoms with E-state index in [9.17, 15) is 8.78 Å². The summed E-state index contributed by atoms with van der Waals surface area (Å²) in [5, 5.41) is 1.29. The molecule has 0 amide bonds. The van der Waals surface area contributed by atoms with Gasteiger partial charge in [-0.2, -0.15) is 0 Å². The molecule has 0 bridgehead atoms. The molecule has 1 aromatic heterocycles. The van der Waals surface area contributed by atoms with Gasteiger partial charge in [0.05, 0.1) is 0 Å². The number of fused-ring (bicyclic) bond motifs is 1. The van der Waals surface area contributed by atoms with Gasteiger partial charge in [-0.15, -0.1) is 6.58 Å². The van der Waals surface area contributed by atoms with Crippen molar-refractivity contribution in [3.63, 3.8) is 0 Å². The second-order valence-corrected chi connectivity index (χ2v) is 7.76. The average Bonchev–Trinajstić information content (AvgIpc) is 2.82. The summed E-state index contributed by atoms with van der Waals surface area (Å²) in [6, 6.07) is 20.2. The molecule has 3 aromatic carbocycles. The maximum atomic E-state index is 13.5. The van der Waals surface area contributed by atoms with Crippen molar-refractivity contribution < 1.29 is 8.78 Å². The van der Waals surface area contributed by atoms with Crippen LogP contribution in [-0.2, 0) is 19.3 Å². The van der Waals surface area contributed by atoms with Crippen LogP contribution in [0, 0.1) is 23.5 Å². The van der Waals surface area contributed by atoms with E-state index in [1.807, 2.05) is 30.5 Å². The Balaban J connectivity index is 1.38. The normalized spacial score (nSPS) is 10.6. The van der Waals surface area contributed by atoms with E-state index in [0.29, 0.717) is 10.8 Å². The van der Waals surface area contributed by atoms with E-state index in [1.54, 1.807) is 12.1 Å². The third kappa shape index (κ3) is 5.47. The lowest BCUT2D eigenvalue weighted by molar-refractivity contribution is 0.511. The average molecular weight is 424 g/mol. The minimum Gasteiger partial charge on any atom is -0.261 e. The zero-order chi connectivity index (χ0) is 22.3.